The monoisotopic (exact) mass is 238 g/mol. The van der Waals surface area contributed by atoms with Crippen molar-refractivity contribution in [2.24, 2.45) is 11.8 Å². The lowest BCUT2D eigenvalue weighted by Crippen LogP contribution is -2.38. The SMILES string of the molecule is NNC(Cc1ccccc1F)CC1CCOC1. The molecule has 0 aromatic heterocycles. The van der Waals surface area contributed by atoms with Crippen molar-refractivity contribution in [1.29, 1.82) is 0 Å². The summed E-state index contributed by atoms with van der Waals surface area (Å²) in [7, 11) is 0. The summed E-state index contributed by atoms with van der Waals surface area (Å²) in [5, 5.41) is 0. The number of nitrogens with one attached hydrogen (secondary N) is 1. The van der Waals surface area contributed by atoms with Crippen molar-refractivity contribution in [3.63, 3.8) is 0 Å². The minimum Gasteiger partial charge on any atom is -0.381 e. The molecule has 1 saturated heterocycles. The van der Waals surface area contributed by atoms with Gasteiger partial charge in [-0.1, -0.05) is 18.2 Å². The Hall–Kier alpha value is -0.970. The Kier molecular flexibility index (Phi) is 4.48. The van der Waals surface area contributed by atoms with Crippen LogP contribution in [0.1, 0.15) is 18.4 Å². The molecule has 1 aromatic rings. The number of ether oxygens (including phenoxy) is 1. The first-order valence-corrected chi connectivity index (χ1v) is 6.07. The van der Waals surface area contributed by atoms with Gasteiger partial charge in [0, 0.05) is 19.3 Å². The van der Waals surface area contributed by atoms with E-state index in [9.17, 15) is 4.39 Å². The van der Waals surface area contributed by atoms with Gasteiger partial charge in [-0.05, 0) is 36.8 Å². The Labute approximate surface area is 101 Å². The second kappa shape index (κ2) is 6.10. The molecular formula is C13H19FN2O. The maximum Gasteiger partial charge on any atom is 0.126 e. The van der Waals surface area contributed by atoms with E-state index in [-0.39, 0.29) is 11.9 Å². The van der Waals surface area contributed by atoms with Gasteiger partial charge in [-0.2, -0.15) is 0 Å². The molecule has 1 aliphatic heterocycles. The van der Waals surface area contributed by atoms with Crippen molar-refractivity contribution in [3.05, 3.63) is 35.6 Å². The van der Waals surface area contributed by atoms with Gasteiger partial charge < -0.3 is 4.74 Å². The van der Waals surface area contributed by atoms with Crippen LogP contribution in [-0.2, 0) is 11.2 Å². The van der Waals surface area contributed by atoms with Crippen LogP contribution in [-0.4, -0.2) is 19.3 Å². The first kappa shape index (κ1) is 12.5. The smallest absolute Gasteiger partial charge is 0.126 e. The molecule has 3 nitrogen and oxygen atoms in total. The topological polar surface area (TPSA) is 47.3 Å². The molecule has 94 valence electrons. The Morgan fingerprint density at radius 1 is 1.47 bits per heavy atom. The second-order valence-electron chi connectivity index (χ2n) is 4.62. The van der Waals surface area contributed by atoms with Crippen molar-refractivity contribution in [1.82, 2.24) is 5.43 Å². The van der Waals surface area contributed by atoms with Gasteiger partial charge >= 0.3 is 0 Å². The summed E-state index contributed by atoms with van der Waals surface area (Å²) in [5.41, 5.74) is 3.50. The van der Waals surface area contributed by atoms with E-state index in [0.717, 1.165) is 31.6 Å². The van der Waals surface area contributed by atoms with Gasteiger partial charge in [-0.15, -0.1) is 0 Å². The fourth-order valence-electron chi connectivity index (χ4n) is 2.31. The van der Waals surface area contributed by atoms with Gasteiger partial charge in [0.25, 0.3) is 0 Å². The lowest BCUT2D eigenvalue weighted by molar-refractivity contribution is 0.181. The van der Waals surface area contributed by atoms with Gasteiger partial charge in [0.05, 0.1) is 0 Å². The Morgan fingerprint density at radius 3 is 2.94 bits per heavy atom. The zero-order valence-corrected chi connectivity index (χ0v) is 9.86. The van der Waals surface area contributed by atoms with Crippen LogP contribution in [0.4, 0.5) is 4.39 Å². The number of rotatable bonds is 5. The summed E-state index contributed by atoms with van der Waals surface area (Å²) in [6.45, 7) is 1.64. The third kappa shape index (κ3) is 3.49. The molecule has 0 aliphatic carbocycles. The zero-order chi connectivity index (χ0) is 12.1. The van der Waals surface area contributed by atoms with Crippen LogP contribution < -0.4 is 11.3 Å². The predicted octanol–water partition coefficient (Wildman–Crippen LogP) is 1.63. The zero-order valence-electron chi connectivity index (χ0n) is 9.86. The molecule has 1 heterocycles. The number of hydrogen-bond donors (Lipinski definition) is 2. The molecule has 1 fully saturated rings. The van der Waals surface area contributed by atoms with Crippen LogP contribution in [0.5, 0.6) is 0 Å². The average molecular weight is 238 g/mol. The van der Waals surface area contributed by atoms with E-state index < -0.39 is 0 Å². The first-order valence-electron chi connectivity index (χ1n) is 6.07. The van der Waals surface area contributed by atoms with Crippen LogP contribution in [0.2, 0.25) is 0 Å². The summed E-state index contributed by atoms with van der Waals surface area (Å²) in [4.78, 5) is 0. The van der Waals surface area contributed by atoms with Gasteiger partial charge in [0.15, 0.2) is 0 Å². The quantitative estimate of drug-likeness (QED) is 0.605. The van der Waals surface area contributed by atoms with Crippen molar-refractivity contribution < 1.29 is 9.13 Å². The van der Waals surface area contributed by atoms with Crippen molar-refractivity contribution in [2.75, 3.05) is 13.2 Å². The molecule has 0 spiro atoms. The van der Waals surface area contributed by atoms with Gasteiger partial charge in [-0.3, -0.25) is 11.3 Å². The van der Waals surface area contributed by atoms with E-state index in [2.05, 4.69) is 5.43 Å². The van der Waals surface area contributed by atoms with Gasteiger partial charge in [0.2, 0.25) is 0 Å². The molecule has 2 rings (SSSR count). The van der Waals surface area contributed by atoms with Crippen molar-refractivity contribution in [2.45, 2.75) is 25.3 Å². The molecule has 4 heteroatoms. The van der Waals surface area contributed by atoms with Crippen molar-refractivity contribution >= 4 is 0 Å². The van der Waals surface area contributed by atoms with E-state index in [1.165, 1.54) is 6.07 Å². The Morgan fingerprint density at radius 2 is 2.29 bits per heavy atom. The largest absolute Gasteiger partial charge is 0.381 e. The molecule has 3 N–H and O–H groups in total. The standard InChI is InChI=1S/C13H19FN2O/c14-13-4-2-1-3-11(13)8-12(16-15)7-10-5-6-17-9-10/h1-4,10,12,16H,5-9,15H2. The average Bonchev–Trinajstić information content (AvgIpc) is 2.84. The van der Waals surface area contributed by atoms with E-state index in [1.807, 2.05) is 12.1 Å². The molecular weight excluding hydrogens is 219 g/mol. The van der Waals surface area contributed by atoms with Crippen LogP contribution in [0.3, 0.4) is 0 Å². The highest BCUT2D eigenvalue weighted by atomic mass is 19.1. The third-order valence-corrected chi connectivity index (χ3v) is 3.30. The highest BCUT2D eigenvalue weighted by Gasteiger charge is 2.20. The summed E-state index contributed by atoms with van der Waals surface area (Å²) in [6, 6.07) is 6.96. The number of benzene rings is 1. The minimum absolute atomic E-state index is 0.110. The Balaban J connectivity index is 1.92. The molecule has 17 heavy (non-hydrogen) atoms. The van der Waals surface area contributed by atoms with Gasteiger partial charge in [-0.25, -0.2) is 4.39 Å². The minimum atomic E-state index is -0.157. The normalized spacial score (nSPS) is 21.6. The predicted molar refractivity (Wildman–Crippen MR) is 64.8 cm³/mol. The second-order valence-corrected chi connectivity index (χ2v) is 4.62. The first-order chi connectivity index (χ1) is 8.29. The molecule has 1 aromatic carbocycles. The third-order valence-electron chi connectivity index (χ3n) is 3.30. The highest BCUT2D eigenvalue weighted by Crippen LogP contribution is 2.20. The van der Waals surface area contributed by atoms with Gasteiger partial charge in [0.1, 0.15) is 5.82 Å². The molecule has 2 unspecified atom stereocenters. The number of nitrogens with two attached hydrogens (primary N) is 1. The number of hydrogen-bond acceptors (Lipinski definition) is 3. The highest BCUT2D eigenvalue weighted by molar-refractivity contribution is 5.18. The van der Waals surface area contributed by atoms with Crippen LogP contribution in [0, 0.1) is 11.7 Å². The van der Waals surface area contributed by atoms with Crippen LogP contribution >= 0.6 is 0 Å². The summed E-state index contributed by atoms with van der Waals surface area (Å²) in [6.07, 6.45) is 2.64. The lowest BCUT2D eigenvalue weighted by atomic mass is 9.95. The van der Waals surface area contributed by atoms with Crippen LogP contribution in [0.25, 0.3) is 0 Å². The molecule has 0 amide bonds. The summed E-state index contributed by atoms with van der Waals surface area (Å²) in [5.74, 6) is 5.92. The molecule has 1 aliphatic rings. The van der Waals surface area contributed by atoms with E-state index >= 15 is 0 Å². The molecule has 2 atom stereocenters. The fraction of sp³-hybridized carbons (Fsp3) is 0.538. The lowest BCUT2D eigenvalue weighted by Gasteiger charge is -2.19. The van der Waals surface area contributed by atoms with E-state index in [4.69, 9.17) is 10.6 Å². The molecule has 0 saturated carbocycles. The number of hydrazine groups is 1. The fourth-order valence-corrected chi connectivity index (χ4v) is 2.31. The van der Waals surface area contributed by atoms with Crippen molar-refractivity contribution in [3.8, 4) is 0 Å². The maximum absolute atomic E-state index is 13.5. The molecule has 0 bridgehead atoms. The van der Waals surface area contributed by atoms with E-state index in [0.29, 0.717) is 12.3 Å². The summed E-state index contributed by atoms with van der Waals surface area (Å²) < 4.78 is 18.8. The maximum atomic E-state index is 13.5. The molecule has 0 radical (unpaired) electrons. The summed E-state index contributed by atoms with van der Waals surface area (Å²) >= 11 is 0. The van der Waals surface area contributed by atoms with E-state index in [1.54, 1.807) is 6.07 Å². The Bertz CT molecular complexity index is 353. The number of halogens is 1. The van der Waals surface area contributed by atoms with Crippen LogP contribution in [0.15, 0.2) is 24.3 Å².